The Bertz CT molecular complexity index is 1120. The summed E-state index contributed by atoms with van der Waals surface area (Å²) in [5.41, 5.74) is 1.23. The number of halogens is 3. The summed E-state index contributed by atoms with van der Waals surface area (Å²) < 4.78 is 43.1. The number of alkyl halides is 3. The largest absolute Gasteiger partial charge is 0.573 e. The van der Waals surface area contributed by atoms with Gasteiger partial charge in [-0.2, -0.15) is 0 Å². The zero-order valence-corrected chi connectivity index (χ0v) is 18.4. The molecule has 0 amide bonds. The van der Waals surface area contributed by atoms with Gasteiger partial charge in [0.05, 0.1) is 6.61 Å². The molecular weight excluding hydrogens is 451 g/mol. The third-order valence-corrected chi connectivity index (χ3v) is 5.70. The molecule has 1 aliphatic carbocycles. The van der Waals surface area contributed by atoms with Gasteiger partial charge >= 0.3 is 6.36 Å². The van der Waals surface area contributed by atoms with E-state index < -0.39 is 23.8 Å². The van der Waals surface area contributed by atoms with Gasteiger partial charge in [-0.15, -0.1) is 13.2 Å². The first-order chi connectivity index (χ1) is 16.0. The number of benzene rings is 2. The summed E-state index contributed by atoms with van der Waals surface area (Å²) in [4.78, 5) is 0. The Morgan fingerprint density at radius 1 is 1.15 bits per heavy atom. The fourth-order valence-corrected chi connectivity index (χ4v) is 3.60. The fourth-order valence-electron chi connectivity index (χ4n) is 3.60. The van der Waals surface area contributed by atoms with E-state index in [0.29, 0.717) is 35.2 Å². The Balaban J connectivity index is 1.95. The Kier molecular flexibility index (Phi) is 7.28. The monoisotopic (exact) mass is 477 g/mol. The third-order valence-electron chi connectivity index (χ3n) is 5.70. The highest BCUT2D eigenvalue weighted by molar-refractivity contribution is 5.80. The Morgan fingerprint density at radius 2 is 1.85 bits per heavy atom. The highest BCUT2D eigenvalue weighted by Gasteiger charge is 2.51. The number of aliphatic hydroxyl groups excluding tert-OH is 2. The molecular formula is C25H26F3NO5. The molecule has 3 rings (SSSR count). The van der Waals surface area contributed by atoms with Crippen LogP contribution in [0.15, 0.2) is 66.8 Å². The maximum Gasteiger partial charge on any atom is 0.573 e. The van der Waals surface area contributed by atoms with Crippen molar-refractivity contribution in [2.24, 2.45) is 0 Å². The Hall–Kier alpha value is -3.43. The number of anilines is 1. The highest BCUT2D eigenvalue weighted by Crippen LogP contribution is 2.52. The first-order valence-corrected chi connectivity index (χ1v) is 10.5. The van der Waals surface area contributed by atoms with Crippen LogP contribution in [0.5, 0.6) is 17.2 Å². The average molecular weight is 477 g/mol. The second-order valence-corrected chi connectivity index (χ2v) is 8.16. The lowest BCUT2D eigenvalue weighted by Gasteiger charge is -2.25. The van der Waals surface area contributed by atoms with E-state index in [0.717, 1.165) is 6.07 Å². The number of ether oxygens (including phenoxy) is 1. The molecule has 2 aromatic carbocycles. The van der Waals surface area contributed by atoms with E-state index in [-0.39, 0.29) is 23.7 Å². The summed E-state index contributed by atoms with van der Waals surface area (Å²) in [5, 5.41) is 42.4. The second kappa shape index (κ2) is 9.82. The van der Waals surface area contributed by atoms with Crippen LogP contribution in [0.1, 0.15) is 30.9 Å². The van der Waals surface area contributed by atoms with E-state index in [4.69, 9.17) is 0 Å². The van der Waals surface area contributed by atoms with E-state index >= 15 is 0 Å². The lowest BCUT2D eigenvalue weighted by atomic mass is 9.93. The standard InChI is InChI=1S/C25H26F3NO5/c1-3-16(5-4-15(2)14-30)19-13-18(7-9-22(19)34-25(26,27)28)29-23(33)24(10-11-24)17-6-8-20(31)21(32)12-17/h3-9,12-13,23,29-33H,1,10-11,14H2,2H3/b15-4+,16-5+. The molecule has 1 saturated carbocycles. The number of nitrogens with one attached hydrogen (secondary N) is 1. The average Bonchev–Trinajstić information content (AvgIpc) is 3.58. The maximum atomic E-state index is 13.0. The summed E-state index contributed by atoms with van der Waals surface area (Å²) in [6, 6.07) is 8.23. The van der Waals surface area contributed by atoms with Gasteiger partial charge in [0, 0.05) is 16.7 Å². The first kappa shape index (κ1) is 25.2. The minimum Gasteiger partial charge on any atom is -0.504 e. The quantitative estimate of drug-likeness (QED) is 0.199. The lowest BCUT2D eigenvalue weighted by Crippen LogP contribution is -2.33. The van der Waals surface area contributed by atoms with Gasteiger partial charge in [0.15, 0.2) is 11.5 Å². The van der Waals surface area contributed by atoms with E-state index in [9.17, 15) is 33.6 Å². The number of aromatic hydroxyl groups is 2. The molecule has 1 fully saturated rings. The number of hydrogen-bond donors (Lipinski definition) is 5. The van der Waals surface area contributed by atoms with Gasteiger partial charge in [-0.1, -0.05) is 30.9 Å². The fraction of sp³-hybridized carbons (Fsp3) is 0.280. The van der Waals surface area contributed by atoms with Gasteiger partial charge in [-0.05, 0) is 66.8 Å². The summed E-state index contributed by atoms with van der Waals surface area (Å²) in [6.45, 7) is 5.11. The second-order valence-electron chi connectivity index (χ2n) is 8.16. The predicted octanol–water partition coefficient (Wildman–Crippen LogP) is 4.97. The van der Waals surface area contributed by atoms with Crippen LogP contribution in [0.3, 0.4) is 0 Å². The molecule has 6 nitrogen and oxygen atoms in total. The first-order valence-electron chi connectivity index (χ1n) is 10.5. The minimum atomic E-state index is -4.91. The molecule has 9 heteroatoms. The molecule has 0 bridgehead atoms. The van der Waals surface area contributed by atoms with Gasteiger partial charge in [-0.3, -0.25) is 0 Å². The van der Waals surface area contributed by atoms with Crippen LogP contribution in [-0.2, 0) is 5.41 Å². The van der Waals surface area contributed by atoms with Gasteiger partial charge in [0.1, 0.15) is 12.0 Å². The zero-order chi connectivity index (χ0) is 25.1. The van der Waals surface area contributed by atoms with E-state index in [1.165, 1.54) is 36.4 Å². The maximum absolute atomic E-state index is 13.0. The van der Waals surface area contributed by atoms with Gasteiger partial charge in [0.25, 0.3) is 0 Å². The molecule has 0 aromatic heterocycles. The summed E-state index contributed by atoms with van der Waals surface area (Å²) in [7, 11) is 0. The van der Waals surface area contributed by atoms with E-state index in [1.54, 1.807) is 19.1 Å². The number of allylic oxidation sites excluding steroid dienone is 4. The van der Waals surface area contributed by atoms with Crippen molar-refractivity contribution in [2.45, 2.75) is 37.8 Å². The number of aliphatic hydroxyl groups is 2. The molecule has 5 N–H and O–H groups in total. The highest BCUT2D eigenvalue weighted by atomic mass is 19.4. The molecule has 0 heterocycles. The third kappa shape index (κ3) is 5.73. The molecule has 1 atom stereocenters. The molecule has 1 unspecified atom stereocenters. The molecule has 0 aliphatic heterocycles. The van der Waals surface area contributed by atoms with Crippen LogP contribution in [-0.4, -0.2) is 39.6 Å². The van der Waals surface area contributed by atoms with Crippen molar-refractivity contribution in [3.05, 3.63) is 77.9 Å². The number of rotatable bonds is 9. The molecule has 34 heavy (non-hydrogen) atoms. The van der Waals surface area contributed by atoms with Crippen LogP contribution in [0.25, 0.3) is 5.57 Å². The summed E-state index contributed by atoms with van der Waals surface area (Å²) in [6.07, 6.45) is -0.384. The molecule has 0 saturated heterocycles. The number of hydrogen-bond acceptors (Lipinski definition) is 6. The summed E-state index contributed by atoms with van der Waals surface area (Å²) in [5.74, 6) is -1.03. The topological polar surface area (TPSA) is 102 Å². The van der Waals surface area contributed by atoms with Crippen LogP contribution < -0.4 is 10.1 Å². The predicted molar refractivity (Wildman–Crippen MR) is 122 cm³/mol. The Morgan fingerprint density at radius 3 is 2.41 bits per heavy atom. The summed E-state index contributed by atoms with van der Waals surface area (Å²) >= 11 is 0. The molecule has 1 aliphatic rings. The van der Waals surface area contributed by atoms with Gasteiger partial charge in [0.2, 0.25) is 0 Å². The number of phenolic OH excluding ortho intramolecular Hbond substituents is 2. The number of phenols is 2. The molecule has 0 radical (unpaired) electrons. The van der Waals surface area contributed by atoms with Crippen molar-refractivity contribution in [3.63, 3.8) is 0 Å². The lowest BCUT2D eigenvalue weighted by molar-refractivity contribution is -0.274. The van der Waals surface area contributed by atoms with E-state index in [1.807, 2.05) is 0 Å². The molecule has 2 aromatic rings. The van der Waals surface area contributed by atoms with Gasteiger partial charge < -0.3 is 30.5 Å². The molecule has 182 valence electrons. The van der Waals surface area contributed by atoms with Crippen molar-refractivity contribution in [2.75, 3.05) is 11.9 Å². The van der Waals surface area contributed by atoms with Crippen molar-refractivity contribution >= 4 is 11.3 Å². The van der Waals surface area contributed by atoms with Crippen molar-refractivity contribution < 1.29 is 38.3 Å². The van der Waals surface area contributed by atoms with Crippen LogP contribution in [0.4, 0.5) is 18.9 Å². The van der Waals surface area contributed by atoms with Crippen molar-refractivity contribution in [3.8, 4) is 17.2 Å². The normalized spacial score (nSPS) is 16.6. The van der Waals surface area contributed by atoms with Crippen molar-refractivity contribution in [1.29, 1.82) is 0 Å². The smallest absolute Gasteiger partial charge is 0.504 e. The Labute approximate surface area is 194 Å². The van der Waals surface area contributed by atoms with Crippen LogP contribution >= 0.6 is 0 Å². The van der Waals surface area contributed by atoms with Crippen LogP contribution in [0.2, 0.25) is 0 Å². The minimum absolute atomic E-state index is 0.0821. The SMILES string of the molecule is C=C/C(=C\C=C(/C)CO)c1cc(NC(O)C2(c3ccc(O)c(O)c3)CC2)ccc1OC(F)(F)F. The van der Waals surface area contributed by atoms with E-state index in [2.05, 4.69) is 16.6 Å². The van der Waals surface area contributed by atoms with Crippen LogP contribution in [0, 0.1) is 0 Å². The zero-order valence-electron chi connectivity index (χ0n) is 18.4. The molecule has 0 spiro atoms. The van der Waals surface area contributed by atoms with Crippen molar-refractivity contribution in [1.82, 2.24) is 0 Å². The van der Waals surface area contributed by atoms with Gasteiger partial charge in [-0.25, -0.2) is 0 Å².